The zero-order chi connectivity index (χ0) is 29.0. The number of carbonyl (C=O) groups is 3. The second-order valence-corrected chi connectivity index (χ2v) is 10.8. The molecule has 3 N–H and O–H groups in total. The number of hydrogen-bond donors (Lipinski definition) is 3. The number of thiazole rings is 1. The highest BCUT2D eigenvalue weighted by Crippen LogP contribution is 2.24. The van der Waals surface area contributed by atoms with Crippen molar-refractivity contribution in [2.24, 2.45) is 0 Å². The molecule has 4 rings (SSSR count). The van der Waals surface area contributed by atoms with Crippen molar-refractivity contribution >= 4 is 29.2 Å². The quantitative estimate of drug-likeness (QED) is 0.358. The Balaban J connectivity index is 1.54. The van der Waals surface area contributed by atoms with Gasteiger partial charge in [0.25, 0.3) is 11.8 Å². The highest BCUT2D eigenvalue weighted by molar-refractivity contribution is 7.09. The Morgan fingerprint density at radius 2 is 1.88 bits per heavy atom. The van der Waals surface area contributed by atoms with Crippen molar-refractivity contribution in [1.29, 1.82) is 0 Å². The number of carbonyl (C=O) groups excluding carboxylic acids is 2. The zero-order valence-corrected chi connectivity index (χ0v) is 22.8. The second-order valence-electron chi connectivity index (χ2n) is 9.86. The first kappa shape index (κ1) is 29.1. The van der Waals surface area contributed by atoms with Gasteiger partial charge in [0.05, 0.1) is 24.7 Å². The fourth-order valence-electron chi connectivity index (χ4n) is 4.91. The van der Waals surface area contributed by atoms with Crippen LogP contribution in [0, 0.1) is 18.6 Å². The van der Waals surface area contributed by atoms with Crippen LogP contribution in [0.25, 0.3) is 0 Å². The van der Waals surface area contributed by atoms with Gasteiger partial charge in [-0.05, 0) is 62.1 Å². The Morgan fingerprint density at radius 3 is 2.52 bits per heavy atom. The first-order valence-corrected chi connectivity index (χ1v) is 13.6. The largest absolute Gasteiger partial charge is 0.465 e. The number of nitrogens with zero attached hydrogens (tertiary/aromatic N) is 3. The molecule has 1 saturated heterocycles. The fourth-order valence-corrected chi connectivity index (χ4v) is 5.73. The topological polar surface area (TPSA) is 123 Å². The molecule has 0 saturated carbocycles. The van der Waals surface area contributed by atoms with E-state index in [0.717, 1.165) is 27.7 Å². The Labute approximate surface area is 234 Å². The van der Waals surface area contributed by atoms with Crippen LogP contribution in [0.2, 0.25) is 0 Å². The van der Waals surface area contributed by atoms with E-state index in [0.29, 0.717) is 25.5 Å². The van der Waals surface area contributed by atoms with Crippen molar-refractivity contribution < 1.29 is 33.4 Å². The zero-order valence-electron chi connectivity index (χ0n) is 22.0. The Morgan fingerprint density at radius 1 is 1.18 bits per heavy atom. The fraction of sp³-hybridized carbons (Fsp3) is 0.357. The maximum atomic E-state index is 13.9. The van der Waals surface area contributed by atoms with Gasteiger partial charge >= 0.3 is 6.09 Å². The second kappa shape index (κ2) is 12.5. The lowest BCUT2D eigenvalue weighted by Gasteiger charge is -2.32. The number of hydrogen-bond acceptors (Lipinski definition) is 6. The summed E-state index contributed by atoms with van der Waals surface area (Å²) < 4.78 is 27.8. The third-order valence-electron chi connectivity index (χ3n) is 6.80. The molecule has 1 fully saturated rings. The average molecular weight is 573 g/mol. The number of amides is 3. The highest BCUT2D eigenvalue weighted by atomic mass is 32.1. The molecule has 0 spiro atoms. The Bertz CT molecular complexity index is 1380. The number of rotatable bonds is 9. The van der Waals surface area contributed by atoms with Gasteiger partial charge in [-0.3, -0.25) is 9.59 Å². The van der Waals surface area contributed by atoms with E-state index < -0.39 is 41.8 Å². The number of aryl methyl sites for hydroxylation is 1. The molecule has 1 aliphatic heterocycles. The number of likely N-dealkylation sites (tertiary alicyclic amines) is 1. The third kappa shape index (κ3) is 6.99. The van der Waals surface area contributed by atoms with Gasteiger partial charge in [-0.2, -0.15) is 0 Å². The average Bonchev–Trinajstić information content (AvgIpc) is 3.56. The summed E-state index contributed by atoms with van der Waals surface area (Å²) in [6.45, 7) is 2.39. The minimum Gasteiger partial charge on any atom is -0.465 e. The van der Waals surface area contributed by atoms with Crippen LogP contribution in [0.5, 0.6) is 0 Å². The van der Waals surface area contributed by atoms with Crippen LogP contribution in [0.4, 0.5) is 13.6 Å². The van der Waals surface area contributed by atoms with Crippen LogP contribution in [0.15, 0.2) is 47.8 Å². The van der Waals surface area contributed by atoms with E-state index in [9.17, 15) is 33.4 Å². The molecule has 3 atom stereocenters. The van der Waals surface area contributed by atoms with E-state index in [1.807, 2.05) is 12.3 Å². The number of nitrogens with one attached hydrogen (secondary N) is 1. The highest BCUT2D eigenvalue weighted by Gasteiger charge is 2.38. The smallest absolute Gasteiger partial charge is 0.407 e. The number of aliphatic hydroxyl groups excluding tert-OH is 1. The third-order valence-corrected chi connectivity index (χ3v) is 7.75. The van der Waals surface area contributed by atoms with Gasteiger partial charge in [0.1, 0.15) is 16.6 Å². The summed E-state index contributed by atoms with van der Waals surface area (Å²) in [6, 6.07) is 7.08. The van der Waals surface area contributed by atoms with Crippen LogP contribution in [0.1, 0.15) is 49.8 Å². The minimum atomic E-state index is -1.36. The lowest BCUT2D eigenvalue weighted by atomic mass is 9.94. The summed E-state index contributed by atoms with van der Waals surface area (Å²) in [6.07, 6.45) is -1.81. The maximum absolute atomic E-state index is 13.9. The van der Waals surface area contributed by atoms with Gasteiger partial charge in [0, 0.05) is 41.9 Å². The lowest BCUT2D eigenvalue weighted by Crippen LogP contribution is -2.54. The molecular weight excluding hydrogens is 542 g/mol. The summed E-state index contributed by atoms with van der Waals surface area (Å²) in [4.78, 5) is 45.0. The van der Waals surface area contributed by atoms with E-state index >= 15 is 0 Å². The first-order valence-electron chi connectivity index (χ1n) is 12.7. The van der Waals surface area contributed by atoms with Crippen molar-refractivity contribution in [1.82, 2.24) is 20.1 Å². The molecule has 0 radical (unpaired) electrons. The molecular formula is C28H30F2N4O5S. The van der Waals surface area contributed by atoms with Crippen molar-refractivity contribution in [3.05, 3.63) is 86.9 Å². The molecule has 40 heavy (non-hydrogen) atoms. The van der Waals surface area contributed by atoms with Crippen LogP contribution in [-0.2, 0) is 13.0 Å². The number of benzene rings is 2. The molecule has 2 heterocycles. The maximum Gasteiger partial charge on any atom is 0.407 e. The van der Waals surface area contributed by atoms with Gasteiger partial charge in [0.15, 0.2) is 0 Å². The van der Waals surface area contributed by atoms with Gasteiger partial charge in [0.2, 0.25) is 0 Å². The van der Waals surface area contributed by atoms with Crippen LogP contribution in [0.3, 0.4) is 0 Å². The molecule has 0 aliphatic carbocycles. The van der Waals surface area contributed by atoms with Gasteiger partial charge in [-0.15, -0.1) is 11.3 Å². The van der Waals surface area contributed by atoms with Crippen molar-refractivity contribution in [3.63, 3.8) is 0 Å². The molecule has 3 aromatic rings. The van der Waals surface area contributed by atoms with E-state index in [-0.39, 0.29) is 35.6 Å². The van der Waals surface area contributed by atoms with E-state index in [4.69, 9.17) is 0 Å². The van der Waals surface area contributed by atoms with Gasteiger partial charge in [-0.25, -0.2) is 18.6 Å². The SMILES string of the molecule is Cc1csc(CN(C)C(=O)c2cccc(C(=O)N[C@@H](Cc3cc(F)cc(F)c3)[C@H](O)C3CCCN3C(=O)O)c2)n1. The van der Waals surface area contributed by atoms with Crippen molar-refractivity contribution in [2.45, 2.75) is 50.9 Å². The first-order chi connectivity index (χ1) is 19.0. The number of carboxylic acid groups (broad SMARTS) is 1. The summed E-state index contributed by atoms with van der Waals surface area (Å²) in [5, 5.41) is 26.1. The molecule has 3 amide bonds. The van der Waals surface area contributed by atoms with Crippen LogP contribution in [-0.4, -0.2) is 74.7 Å². The van der Waals surface area contributed by atoms with Crippen LogP contribution >= 0.6 is 11.3 Å². The number of aliphatic hydroxyl groups is 1. The molecule has 0 bridgehead atoms. The van der Waals surface area contributed by atoms with E-state index in [2.05, 4.69) is 10.3 Å². The summed E-state index contributed by atoms with van der Waals surface area (Å²) in [5.41, 5.74) is 1.44. The molecule has 12 heteroatoms. The molecule has 212 valence electrons. The molecule has 1 aromatic heterocycles. The van der Waals surface area contributed by atoms with Crippen LogP contribution < -0.4 is 5.32 Å². The molecule has 9 nitrogen and oxygen atoms in total. The van der Waals surface area contributed by atoms with Gasteiger partial charge < -0.3 is 25.3 Å². The summed E-state index contributed by atoms with van der Waals surface area (Å²) in [5.74, 6) is -2.58. The number of aromatic nitrogens is 1. The standard InChI is InChI=1S/C28H30F2N4O5S/c1-16-15-40-24(31-16)14-33(2)27(37)19-6-3-5-18(12-19)26(36)32-22(11-17-9-20(29)13-21(30)10-17)25(35)23-7-4-8-34(23)28(38)39/h3,5-6,9-10,12-13,15,22-23,25,35H,4,7-8,11,14H2,1-2H3,(H,32,36)(H,38,39)/t22-,23?,25-/m0/s1. The summed E-state index contributed by atoms with van der Waals surface area (Å²) in [7, 11) is 1.63. The summed E-state index contributed by atoms with van der Waals surface area (Å²) >= 11 is 1.44. The Hall–Kier alpha value is -3.90. The predicted molar refractivity (Wildman–Crippen MR) is 144 cm³/mol. The van der Waals surface area contributed by atoms with Crippen molar-refractivity contribution in [2.75, 3.05) is 13.6 Å². The monoisotopic (exact) mass is 572 g/mol. The normalized spacial score (nSPS) is 16.4. The van der Waals surface area contributed by atoms with Gasteiger partial charge in [-0.1, -0.05) is 6.07 Å². The molecule has 2 aromatic carbocycles. The molecule has 1 aliphatic rings. The van der Waals surface area contributed by atoms with Crippen molar-refractivity contribution in [3.8, 4) is 0 Å². The number of halogens is 2. The van der Waals surface area contributed by atoms with E-state index in [1.165, 1.54) is 28.4 Å². The molecule has 1 unspecified atom stereocenters. The minimum absolute atomic E-state index is 0.133. The predicted octanol–water partition coefficient (Wildman–Crippen LogP) is 3.85. The lowest BCUT2D eigenvalue weighted by molar-refractivity contribution is 0.0412. The van der Waals surface area contributed by atoms with E-state index in [1.54, 1.807) is 19.2 Å². The Kier molecular flexibility index (Phi) is 9.10.